The molecule has 0 aliphatic carbocycles. The molecule has 3 rings (SSSR count). The number of amides is 2. The van der Waals surface area contributed by atoms with E-state index in [2.05, 4.69) is 4.74 Å². The lowest BCUT2D eigenvalue weighted by Crippen LogP contribution is -2.49. The maximum atomic E-state index is 13.4. The molecular formula is C22H22F4N2O4. The van der Waals surface area contributed by atoms with Gasteiger partial charge in [0.25, 0.3) is 0 Å². The van der Waals surface area contributed by atoms with Gasteiger partial charge in [0, 0.05) is 25.8 Å². The van der Waals surface area contributed by atoms with Crippen LogP contribution in [0.15, 0.2) is 48.5 Å². The van der Waals surface area contributed by atoms with Gasteiger partial charge in [0.2, 0.25) is 5.91 Å². The second-order valence-corrected chi connectivity index (χ2v) is 7.57. The van der Waals surface area contributed by atoms with Crippen LogP contribution >= 0.6 is 0 Å². The molecule has 0 bridgehead atoms. The number of carbonyl (C=O) groups is 2. The van der Waals surface area contributed by atoms with E-state index >= 15 is 0 Å². The van der Waals surface area contributed by atoms with Crippen molar-refractivity contribution in [1.29, 1.82) is 0 Å². The number of hydrogen-bond donors (Lipinski definition) is 1. The largest absolute Gasteiger partial charge is 0.573 e. The first kappa shape index (κ1) is 23.4. The fourth-order valence-electron chi connectivity index (χ4n) is 3.75. The third-order valence-electron chi connectivity index (χ3n) is 5.48. The maximum absolute atomic E-state index is 13.4. The lowest BCUT2D eigenvalue weighted by Gasteiger charge is -2.43. The summed E-state index contributed by atoms with van der Waals surface area (Å²) in [5.41, 5.74) is 5.27. The molecule has 1 aliphatic heterocycles. The van der Waals surface area contributed by atoms with Crippen LogP contribution in [-0.2, 0) is 15.1 Å². The lowest BCUT2D eigenvalue weighted by atomic mass is 9.84. The van der Waals surface area contributed by atoms with Crippen molar-refractivity contribution < 1.29 is 36.6 Å². The molecule has 10 heteroatoms. The Morgan fingerprint density at radius 2 is 1.81 bits per heavy atom. The number of halogens is 4. The fraction of sp³-hybridized carbons (Fsp3) is 0.364. The number of nitrogens with zero attached hydrogens (tertiary/aromatic N) is 1. The summed E-state index contributed by atoms with van der Waals surface area (Å²) in [6, 6.07) is 10.2. The second kappa shape index (κ2) is 9.05. The van der Waals surface area contributed by atoms with Crippen LogP contribution in [0.2, 0.25) is 0 Å². The summed E-state index contributed by atoms with van der Waals surface area (Å²) in [4.78, 5) is 25.7. The number of ether oxygens (including phenoxy) is 2. The molecule has 32 heavy (non-hydrogen) atoms. The van der Waals surface area contributed by atoms with E-state index in [1.807, 2.05) is 0 Å². The molecule has 6 nitrogen and oxygen atoms in total. The van der Waals surface area contributed by atoms with Gasteiger partial charge in [-0.3, -0.25) is 4.79 Å². The van der Waals surface area contributed by atoms with Gasteiger partial charge in [-0.1, -0.05) is 24.3 Å². The first-order valence-electron chi connectivity index (χ1n) is 9.89. The topological polar surface area (TPSA) is 81.9 Å². The smallest absolute Gasteiger partial charge is 0.438 e. The molecule has 0 radical (unpaired) electrons. The van der Waals surface area contributed by atoms with Crippen molar-refractivity contribution in [2.45, 2.75) is 44.2 Å². The number of primary amides is 1. The van der Waals surface area contributed by atoms with Gasteiger partial charge in [0.15, 0.2) is 0 Å². The molecule has 1 heterocycles. The highest BCUT2D eigenvalue weighted by atomic mass is 19.4. The van der Waals surface area contributed by atoms with E-state index in [9.17, 15) is 27.2 Å². The highest BCUT2D eigenvalue weighted by Gasteiger charge is 2.43. The van der Waals surface area contributed by atoms with E-state index in [-0.39, 0.29) is 25.1 Å². The number of alkyl halides is 3. The van der Waals surface area contributed by atoms with Gasteiger partial charge in [-0.15, -0.1) is 13.2 Å². The molecule has 1 aliphatic rings. The SMILES string of the molecule is C[C@@H](c1ccc(OC(F)(F)F)cc1)N1CCC(CCC(N)=O)(c2ccc(F)cc2)OC1=O. The highest BCUT2D eigenvalue weighted by molar-refractivity contribution is 5.74. The highest BCUT2D eigenvalue weighted by Crippen LogP contribution is 2.40. The predicted molar refractivity (Wildman–Crippen MR) is 106 cm³/mol. The maximum Gasteiger partial charge on any atom is 0.573 e. The Morgan fingerprint density at radius 1 is 1.19 bits per heavy atom. The standard InChI is InChI=1S/C22H22F4N2O4/c1-14(15-2-8-18(9-3-15)31-22(24,25)26)28-13-12-21(32-20(28)30,11-10-19(27)29)16-4-6-17(23)7-5-16/h2-9,14H,10-13H2,1H3,(H2,27,29)/t14-,21?/m0/s1. The monoisotopic (exact) mass is 454 g/mol. The molecule has 0 saturated carbocycles. The Balaban J connectivity index is 1.77. The summed E-state index contributed by atoms with van der Waals surface area (Å²) in [7, 11) is 0. The number of benzene rings is 2. The molecule has 1 saturated heterocycles. The Morgan fingerprint density at radius 3 is 2.34 bits per heavy atom. The lowest BCUT2D eigenvalue weighted by molar-refractivity contribution is -0.274. The summed E-state index contributed by atoms with van der Waals surface area (Å²) < 4.78 is 60.1. The summed E-state index contributed by atoms with van der Waals surface area (Å²) in [6.07, 6.45) is -5.02. The molecule has 2 N–H and O–H groups in total. The summed E-state index contributed by atoms with van der Waals surface area (Å²) in [5, 5.41) is 0. The normalized spacial score (nSPS) is 19.9. The zero-order chi connectivity index (χ0) is 23.5. The zero-order valence-electron chi connectivity index (χ0n) is 17.2. The minimum Gasteiger partial charge on any atom is -0.438 e. The number of cyclic esters (lactones) is 1. The summed E-state index contributed by atoms with van der Waals surface area (Å²) in [6.45, 7) is 1.96. The van der Waals surface area contributed by atoms with Crippen LogP contribution in [0.3, 0.4) is 0 Å². The molecule has 0 aromatic heterocycles. The van der Waals surface area contributed by atoms with Crippen LogP contribution in [0.25, 0.3) is 0 Å². The van der Waals surface area contributed by atoms with Crippen molar-refractivity contribution in [3.05, 3.63) is 65.5 Å². The quantitative estimate of drug-likeness (QED) is 0.610. The molecule has 1 unspecified atom stereocenters. The minimum atomic E-state index is -4.79. The first-order valence-corrected chi connectivity index (χ1v) is 9.89. The van der Waals surface area contributed by atoms with Gasteiger partial charge in [-0.25, -0.2) is 9.18 Å². The summed E-state index contributed by atoms with van der Waals surface area (Å²) in [5.74, 6) is -1.37. The molecule has 2 amide bonds. The molecule has 0 spiro atoms. The van der Waals surface area contributed by atoms with Gasteiger partial charge >= 0.3 is 12.5 Å². The van der Waals surface area contributed by atoms with Gasteiger partial charge in [0.05, 0.1) is 6.04 Å². The Hall–Kier alpha value is -3.30. The van der Waals surface area contributed by atoms with Crippen molar-refractivity contribution in [3.8, 4) is 5.75 Å². The zero-order valence-corrected chi connectivity index (χ0v) is 17.2. The second-order valence-electron chi connectivity index (χ2n) is 7.57. The average molecular weight is 454 g/mol. The van der Waals surface area contributed by atoms with Crippen molar-refractivity contribution in [3.63, 3.8) is 0 Å². The molecule has 1 fully saturated rings. The molecular weight excluding hydrogens is 432 g/mol. The Labute approximate surface area is 181 Å². The molecule has 2 aromatic rings. The number of hydrogen-bond acceptors (Lipinski definition) is 4. The predicted octanol–water partition coefficient (Wildman–Crippen LogP) is 4.79. The van der Waals surface area contributed by atoms with Crippen LogP contribution in [-0.4, -0.2) is 29.8 Å². The average Bonchev–Trinajstić information content (AvgIpc) is 2.72. The molecule has 2 atom stereocenters. The van der Waals surface area contributed by atoms with Crippen molar-refractivity contribution in [2.75, 3.05) is 6.54 Å². The van der Waals surface area contributed by atoms with Crippen LogP contribution in [0.5, 0.6) is 5.75 Å². The van der Waals surface area contributed by atoms with Crippen LogP contribution in [0.1, 0.15) is 43.4 Å². The van der Waals surface area contributed by atoms with E-state index in [1.165, 1.54) is 53.4 Å². The minimum absolute atomic E-state index is 0.0269. The van der Waals surface area contributed by atoms with E-state index in [4.69, 9.17) is 10.5 Å². The van der Waals surface area contributed by atoms with Crippen molar-refractivity contribution >= 4 is 12.0 Å². The number of nitrogens with two attached hydrogens (primary N) is 1. The van der Waals surface area contributed by atoms with Gasteiger partial charge in [0.1, 0.15) is 17.2 Å². The third-order valence-corrected chi connectivity index (χ3v) is 5.48. The van der Waals surface area contributed by atoms with Crippen LogP contribution in [0, 0.1) is 5.82 Å². The van der Waals surface area contributed by atoms with Gasteiger partial charge < -0.3 is 20.1 Å². The van der Waals surface area contributed by atoms with Gasteiger partial charge in [-0.05, 0) is 42.3 Å². The van der Waals surface area contributed by atoms with E-state index in [1.54, 1.807) is 6.92 Å². The number of rotatable bonds is 7. The third kappa shape index (κ3) is 5.49. The van der Waals surface area contributed by atoms with E-state index in [0.29, 0.717) is 17.5 Å². The van der Waals surface area contributed by atoms with Crippen molar-refractivity contribution in [2.24, 2.45) is 5.73 Å². The number of carbonyl (C=O) groups excluding carboxylic acids is 2. The van der Waals surface area contributed by atoms with Crippen LogP contribution < -0.4 is 10.5 Å². The Bertz CT molecular complexity index is 963. The van der Waals surface area contributed by atoms with E-state index in [0.717, 1.165) is 0 Å². The van der Waals surface area contributed by atoms with Crippen molar-refractivity contribution in [1.82, 2.24) is 4.90 Å². The summed E-state index contributed by atoms with van der Waals surface area (Å²) >= 11 is 0. The Kier molecular flexibility index (Phi) is 6.61. The first-order chi connectivity index (χ1) is 15.0. The van der Waals surface area contributed by atoms with Crippen LogP contribution in [0.4, 0.5) is 22.4 Å². The van der Waals surface area contributed by atoms with Gasteiger partial charge in [-0.2, -0.15) is 0 Å². The van der Waals surface area contributed by atoms with E-state index < -0.39 is 35.8 Å². The fourth-order valence-corrected chi connectivity index (χ4v) is 3.75. The molecule has 172 valence electrons. The molecule has 2 aromatic carbocycles.